The predicted octanol–water partition coefficient (Wildman–Crippen LogP) is 3.67. The topological polar surface area (TPSA) is 70.7 Å². The van der Waals surface area contributed by atoms with Crippen LogP contribution in [0.2, 0.25) is 0 Å². The summed E-state index contributed by atoms with van der Waals surface area (Å²) < 4.78 is 5.37. The van der Waals surface area contributed by atoms with Gasteiger partial charge in [-0.05, 0) is 44.2 Å². The van der Waals surface area contributed by atoms with Crippen LogP contribution in [-0.4, -0.2) is 37.5 Å². The standard InChI is InChI=1S/C20H25N3O3/c1-5-21-19(24)15-10-12-16(13-11-15)22-20(25)23(3)14(2)17-8-6-7-9-18(17)26-4/h6-14H,5H2,1-4H3,(H,21,24)(H,22,25). The van der Waals surface area contributed by atoms with E-state index in [0.29, 0.717) is 17.8 Å². The quantitative estimate of drug-likeness (QED) is 0.830. The van der Waals surface area contributed by atoms with Crippen molar-refractivity contribution in [1.29, 1.82) is 0 Å². The van der Waals surface area contributed by atoms with Gasteiger partial charge in [-0.1, -0.05) is 18.2 Å². The molecule has 1 atom stereocenters. The maximum atomic E-state index is 12.5. The van der Waals surface area contributed by atoms with Gasteiger partial charge in [0, 0.05) is 30.4 Å². The van der Waals surface area contributed by atoms with Gasteiger partial charge in [0.2, 0.25) is 0 Å². The monoisotopic (exact) mass is 355 g/mol. The Kier molecular flexibility index (Phi) is 6.60. The predicted molar refractivity (Wildman–Crippen MR) is 103 cm³/mol. The Morgan fingerprint density at radius 2 is 1.77 bits per heavy atom. The van der Waals surface area contributed by atoms with Gasteiger partial charge >= 0.3 is 6.03 Å². The number of para-hydroxylation sites is 1. The Hall–Kier alpha value is -3.02. The van der Waals surface area contributed by atoms with Gasteiger partial charge in [0.25, 0.3) is 5.91 Å². The van der Waals surface area contributed by atoms with Crippen molar-refractivity contribution in [2.75, 3.05) is 26.0 Å². The van der Waals surface area contributed by atoms with E-state index in [0.717, 1.165) is 11.3 Å². The molecular weight excluding hydrogens is 330 g/mol. The highest BCUT2D eigenvalue weighted by Gasteiger charge is 2.20. The maximum Gasteiger partial charge on any atom is 0.322 e. The zero-order valence-electron chi connectivity index (χ0n) is 15.6. The second-order valence-corrected chi connectivity index (χ2v) is 5.90. The van der Waals surface area contributed by atoms with Gasteiger partial charge in [0.15, 0.2) is 0 Å². The fourth-order valence-corrected chi connectivity index (χ4v) is 2.58. The van der Waals surface area contributed by atoms with Crippen LogP contribution in [0.1, 0.15) is 35.8 Å². The minimum Gasteiger partial charge on any atom is -0.496 e. The number of hydrogen-bond acceptors (Lipinski definition) is 3. The SMILES string of the molecule is CCNC(=O)c1ccc(NC(=O)N(C)C(C)c2ccccc2OC)cc1. The molecule has 0 aliphatic carbocycles. The van der Waals surface area contributed by atoms with Crippen LogP contribution in [0.25, 0.3) is 0 Å². The summed E-state index contributed by atoms with van der Waals surface area (Å²) in [5.74, 6) is 0.609. The molecule has 26 heavy (non-hydrogen) atoms. The molecule has 0 fully saturated rings. The van der Waals surface area contributed by atoms with E-state index in [1.165, 1.54) is 0 Å². The lowest BCUT2D eigenvalue weighted by molar-refractivity contribution is 0.0956. The van der Waals surface area contributed by atoms with Crippen LogP contribution in [0.15, 0.2) is 48.5 Å². The van der Waals surface area contributed by atoms with Crippen molar-refractivity contribution in [1.82, 2.24) is 10.2 Å². The highest BCUT2D eigenvalue weighted by atomic mass is 16.5. The third-order valence-corrected chi connectivity index (χ3v) is 4.23. The first kappa shape index (κ1) is 19.3. The fraction of sp³-hybridized carbons (Fsp3) is 0.300. The number of urea groups is 1. The zero-order valence-corrected chi connectivity index (χ0v) is 15.6. The van der Waals surface area contributed by atoms with Crippen LogP contribution in [0.4, 0.5) is 10.5 Å². The number of nitrogens with zero attached hydrogens (tertiary/aromatic N) is 1. The van der Waals surface area contributed by atoms with E-state index >= 15 is 0 Å². The van der Waals surface area contributed by atoms with E-state index in [4.69, 9.17) is 4.74 Å². The molecule has 0 aliphatic rings. The van der Waals surface area contributed by atoms with Crippen molar-refractivity contribution in [3.8, 4) is 5.75 Å². The van der Waals surface area contributed by atoms with Crippen molar-refractivity contribution < 1.29 is 14.3 Å². The number of anilines is 1. The number of nitrogens with one attached hydrogen (secondary N) is 2. The molecule has 0 radical (unpaired) electrons. The first-order chi connectivity index (χ1) is 12.5. The first-order valence-electron chi connectivity index (χ1n) is 8.53. The lowest BCUT2D eigenvalue weighted by Gasteiger charge is -2.26. The fourth-order valence-electron chi connectivity index (χ4n) is 2.58. The van der Waals surface area contributed by atoms with E-state index in [1.807, 2.05) is 38.1 Å². The Bertz CT molecular complexity index is 759. The largest absolute Gasteiger partial charge is 0.496 e. The maximum absolute atomic E-state index is 12.5. The minimum atomic E-state index is -0.242. The average Bonchev–Trinajstić information content (AvgIpc) is 2.67. The van der Waals surface area contributed by atoms with Gasteiger partial charge in [0.05, 0.1) is 13.2 Å². The molecule has 138 valence electrons. The molecule has 0 spiro atoms. The number of carbonyl (C=O) groups is 2. The highest BCUT2D eigenvalue weighted by molar-refractivity contribution is 5.95. The molecule has 0 aliphatic heterocycles. The van der Waals surface area contributed by atoms with Crippen LogP contribution in [-0.2, 0) is 0 Å². The Balaban J connectivity index is 2.05. The van der Waals surface area contributed by atoms with Gasteiger partial charge in [-0.3, -0.25) is 4.79 Å². The average molecular weight is 355 g/mol. The van der Waals surface area contributed by atoms with E-state index in [-0.39, 0.29) is 18.0 Å². The normalized spacial score (nSPS) is 11.4. The van der Waals surface area contributed by atoms with Crippen molar-refractivity contribution in [2.45, 2.75) is 19.9 Å². The van der Waals surface area contributed by atoms with Gasteiger partial charge < -0.3 is 20.3 Å². The molecule has 0 saturated heterocycles. The summed E-state index contributed by atoms with van der Waals surface area (Å²) in [7, 11) is 3.34. The van der Waals surface area contributed by atoms with Crippen molar-refractivity contribution in [2.24, 2.45) is 0 Å². The Morgan fingerprint density at radius 1 is 1.12 bits per heavy atom. The van der Waals surface area contributed by atoms with Crippen LogP contribution in [0, 0.1) is 0 Å². The van der Waals surface area contributed by atoms with Crippen LogP contribution >= 0.6 is 0 Å². The van der Waals surface area contributed by atoms with Gasteiger partial charge in [0.1, 0.15) is 5.75 Å². The number of methoxy groups -OCH3 is 1. The summed E-state index contributed by atoms with van der Waals surface area (Å²) in [5, 5.41) is 5.58. The third kappa shape index (κ3) is 4.53. The van der Waals surface area contributed by atoms with Gasteiger partial charge in [-0.25, -0.2) is 4.79 Å². The number of benzene rings is 2. The van der Waals surface area contributed by atoms with E-state index < -0.39 is 0 Å². The van der Waals surface area contributed by atoms with Gasteiger partial charge in [-0.15, -0.1) is 0 Å². The summed E-state index contributed by atoms with van der Waals surface area (Å²) in [4.78, 5) is 25.9. The van der Waals surface area contributed by atoms with Crippen molar-refractivity contribution >= 4 is 17.6 Å². The summed E-state index contributed by atoms with van der Waals surface area (Å²) in [6.45, 7) is 4.38. The van der Waals surface area contributed by atoms with Crippen molar-refractivity contribution in [3.63, 3.8) is 0 Å². The first-order valence-corrected chi connectivity index (χ1v) is 8.53. The molecule has 2 rings (SSSR count). The molecule has 0 bridgehead atoms. The van der Waals surface area contributed by atoms with Crippen molar-refractivity contribution in [3.05, 3.63) is 59.7 Å². The lowest BCUT2D eigenvalue weighted by atomic mass is 10.1. The number of rotatable bonds is 6. The number of carbonyl (C=O) groups excluding carboxylic acids is 2. The van der Waals surface area contributed by atoms with Crippen LogP contribution < -0.4 is 15.4 Å². The molecule has 3 amide bonds. The lowest BCUT2D eigenvalue weighted by Crippen LogP contribution is -2.33. The second-order valence-electron chi connectivity index (χ2n) is 5.90. The molecule has 2 N–H and O–H groups in total. The molecule has 1 unspecified atom stereocenters. The zero-order chi connectivity index (χ0) is 19.1. The van der Waals surface area contributed by atoms with E-state index in [2.05, 4.69) is 10.6 Å². The summed E-state index contributed by atoms with van der Waals surface area (Å²) in [5.41, 5.74) is 2.11. The van der Waals surface area contributed by atoms with E-state index in [9.17, 15) is 9.59 Å². The Labute approximate surface area is 154 Å². The van der Waals surface area contributed by atoms with Gasteiger partial charge in [-0.2, -0.15) is 0 Å². The second kappa shape index (κ2) is 8.89. The molecule has 2 aromatic rings. The smallest absolute Gasteiger partial charge is 0.322 e. The molecule has 0 heterocycles. The molecule has 6 heteroatoms. The van der Waals surface area contributed by atoms with E-state index in [1.54, 1.807) is 43.3 Å². The van der Waals surface area contributed by atoms with Crippen LogP contribution in [0.5, 0.6) is 5.75 Å². The summed E-state index contributed by atoms with van der Waals surface area (Å²) in [6.07, 6.45) is 0. The minimum absolute atomic E-state index is 0.132. The summed E-state index contributed by atoms with van der Waals surface area (Å²) in [6, 6.07) is 14.0. The molecule has 0 aromatic heterocycles. The van der Waals surface area contributed by atoms with Crippen LogP contribution in [0.3, 0.4) is 0 Å². The molecule has 6 nitrogen and oxygen atoms in total. The third-order valence-electron chi connectivity index (χ3n) is 4.23. The Morgan fingerprint density at radius 3 is 2.38 bits per heavy atom. The summed E-state index contributed by atoms with van der Waals surface area (Å²) >= 11 is 0. The highest BCUT2D eigenvalue weighted by Crippen LogP contribution is 2.28. The number of amides is 3. The molecule has 0 saturated carbocycles. The molecular formula is C20H25N3O3. The number of ether oxygens (including phenoxy) is 1. The molecule has 2 aromatic carbocycles. The number of hydrogen-bond donors (Lipinski definition) is 2.